The van der Waals surface area contributed by atoms with Gasteiger partial charge in [-0.1, -0.05) is 11.6 Å². The van der Waals surface area contributed by atoms with E-state index in [9.17, 15) is 9.59 Å². The highest BCUT2D eigenvalue weighted by atomic mass is 35.5. The van der Waals surface area contributed by atoms with Crippen molar-refractivity contribution in [3.05, 3.63) is 35.6 Å². The van der Waals surface area contributed by atoms with Crippen LogP contribution in [0.1, 0.15) is 12.8 Å². The van der Waals surface area contributed by atoms with Crippen molar-refractivity contribution in [2.45, 2.75) is 22.9 Å². The molecule has 1 N–H and O–H groups in total. The minimum Gasteiger partial charge on any atom is -0.331 e. The largest absolute Gasteiger partial charge is 0.331 e. The van der Waals surface area contributed by atoms with Crippen LogP contribution in [0, 0.1) is 5.92 Å². The Labute approximate surface area is 174 Å². The summed E-state index contributed by atoms with van der Waals surface area (Å²) in [5.74, 6) is -0.169. The molecule has 1 saturated heterocycles. The summed E-state index contributed by atoms with van der Waals surface area (Å²) in [7, 11) is 5.40. The number of urea groups is 1. The highest BCUT2D eigenvalue weighted by molar-refractivity contribution is 7.99. The molecule has 1 aromatic heterocycles. The molecule has 2 heterocycles. The number of hydrogen-bond acceptors (Lipinski definition) is 4. The highest BCUT2D eigenvalue weighted by Gasteiger charge is 2.28. The van der Waals surface area contributed by atoms with Crippen LogP contribution < -0.4 is 5.32 Å². The van der Waals surface area contributed by atoms with Crippen molar-refractivity contribution in [3.63, 3.8) is 0 Å². The molecule has 0 atom stereocenters. The molecule has 150 valence electrons. The van der Waals surface area contributed by atoms with Crippen molar-refractivity contribution in [2.24, 2.45) is 13.0 Å². The maximum absolute atomic E-state index is 12.8. The summed E-state index contributed by atoms with van der Waals surface area (Å²) in [5.41, 5.74) is 0.678. The number of likely N-dealkylation sites (tertiary alicyclic amines) is 1. The molecule has 7 nitrogen and oxygen atoms in total. The van der Waals surface area contributed by atoms with Gasteiger partial charge in [0.05, 0.1) is 5.69 Å². The molecule has 9 heteroatoms. The molecule has 0 unspecified atom stereocenters. The second-order valence-electron chi connectivity index (χ2n) is 6.99. The Balaban J connectivity index is 1.66. The van der Waals surface area contributed by atoms with Crippen LogP contribution in [0.4, 0.5) is 10.5 Å². The van der Waals surface area contributed by atoms with Crippen LogP contribution >= 0.6 is 23.4 Å². The van der Waals surface area contributed by atoms with Gasteiger partial charge in [0.15, 0.2) is 5.16 Å². The average Bonchev–Trinajstić information content (AvgIpc) is 3.08. The Morgan fingerprint density at radius 3 is 2.61 bits per heavy atom. The number of benzene rings is 1. The van der Waals surface area contributed by atoms with Crippen LogP contribution in [0.25, 0.3) is 0 Å². The van der Waals surface area contributed by atoms with Gasteiger partial charge in [0.2, 0.25) is 5.91 Å². The molecule has 1 fully saturated rings. The van der Waals surface area contributed by atoms with Gasteiger partial charge in [0.25, 0.3) is 0 Å². The Morgan fingerprint density at radius 1 is 1.29 bits per heavy atom. The zero-order valence-corrected chi connectivity index (χ0v) is 17.8. The Kier molecular flexibility index (Phi) is 6.51. The third kappa shape index (κ3) is 4.80. The number of nitrogens with one attached hydrogen (secondary N) is 1. The number of rotatable bonds is 4. The molecule has 3 rings (SSSR count). The molecule has 0 spiro atoms. The number of halogens is 1. The van der Waals surface area contributed by atoms with Crippen molar-refractivity contribution >= 4 is 41.0 Å². The predicted octanol–water partition coefficient (Wildman–Crippen LogP) is 3.56. The number of carbonyl (C=O) groups is 2. The lowest BCUT2D eigenvalue weighted by molar-refractivity contribution is -0.121. The van der Waals surface area contributed by atoms with Gasteiger partial charge in [-0.2, -0.15) is 0 Å². The molecule has 28 heavy (non-hydrogen) atoms. The number of amides is 3. The highest BCUT2D eigenvalue weighted by Crippen LogP contribution is 2.34. The Hall–Kier alpha value is -2.19. The van der Waals surface area contributed by atoms with Crippen molar-refractivity contribution in [3.8, 4) is 0 Å². The number of anilines is 1. The lowest BCUT2D eigenvalue weighted by Crippen LogP contribution is -2.45. The van der Waals surface area contributed by atoms with E-state index in [2.05, 4.69) is 10.3 Å². The van der Waals surface area contributed by atoms with E-state index in [-0.39, 0.29) is 17.9 Å². The molecule has 1 aliphatic rings. The van der Waals surface area contributed by atoms with Crippen LogP contribution in [-0.4, -0.2) is 58.5 Å². The first-order chi connectivity index (χ1) is 13.3. The Morgan fingerprint density at radius 2 is 2.00 bits per heavy atom. The quantitative estimate of drug-likeness (QED) is 0.819. The summed E-state index contributed by atoms with van der Waals surface area (Å²) in [6.45, 7) is 1.17. The summed E-state index contributed by atoms with van der Waals surface area (Å²) < 4.78 is 1.92. The van der Waals surface area contributed by atoms with E-state index in [1.807, 2.05) is 23.9 Å². The third-order valence-corrected chi connectivity index (χ3v) is 6.08. The van der Waals surface area contributed by atoms with E-state index in [0.29, 0.717) is 36.6 Å². The molecule has 1 aliphatic heterocycles. The lowest BCUT2D eigenvalue weighted by Gasteiger charge is -2.33. The SMILES string of the molecule is CN(C)C(=O)N1CCC(C(=O)Nc2cc(Cl)ccc2Sc2nccn2C)CC1. The van der Waals surface area contributed by atoms with Gasteiger partial charge in [-0.05, 0) is 42.8 Å². The van der Waals surface area contributed by atoms with Crippen LogP contribution in [0.3, 0.4) is 0 Å². The van der Waals surface area contributed by atoms with E-state index in [0.717, 1.165) is 10.1 Å². The van der Waals surface area contributed by atoms with E-state index in [4.69, 9.17) is 11.6 Å². The maximum atomic E-state index is 12.8. The summed E-state index contributed by atoms with van der Waals surface area (Å²) >= 11 is 7.63. The third-order valence-electron chi connectivity index (χ3n) is 4.70. The standard InChI is InChI=1S/C19H24ClN5O2S/c1-23(2)19(27)25-9-6-13(7-10-25)17(26)22-15-12-14(20)4-5-16(15)28-18-21-8-11-24(18)3/h4-5,8,11-13H,6-7,9-10H2,1-3H3,(H,22,26). The van der Waals surface area contributed by atoms with E-state index >= 15 is 0 Å². The van der Waals surface area contributed by atoms with Gasteiger partial charge >= 0.3 is 6.03 Å². The minimum absolute atomic E-state index is 0.0116. The van der Waals surface area contributed by atoms with Crippen molar-refractivity contribution < 1.29 is 9.59 Å². The summed E-state index contributed by atoms with van der Waals surface area (Å²) in [5, 5.41) is 4.41. The summed E-state index contributed by atoms with van der Waals surface area (Å²) in [6.07, 6.45) is 4.90. The van der Waals surface area contributed by atoms with E-state index in [1.54, 1.807) is 42.2 Å². The smallest absolute Gasteiger partial charge is 0.319 e. The van der Waals surface area contributed by atoms with Crippen LogP contribution in [0.15, 0.2) is 40.6 Å². The number of aryl methyl sites for hydroxylation is 1. The van der Waals surface area contributed by atoms with Crippen LogP contribution in [-0.2, 0) is 11.8 Å². The Bertz CT molecular complexity index is 862. The van der Waals surface area contributed by atoms with Crippen molar-refractivity contribution in [1.82, 2.24) is 19.4 Å². The molecular formula is C19H24ClN5O2S. The fourth-order valence-corrected chi connectivity index (χ4v) is 4.13. The van der Waals surface area contributed by atoms with Crippen LogP contribution in [0.5, 0.6) is 0 Å². The number of nitrogens with zero attached hydrogens (tertiary/aromatic N) is 4. The molecule has 3 amide bonds. The van der Waals surface area contributed by atoms with Crippen LogP contribution in [0.2, 0.25) is 5.02 Å². The number of aromatic nitrogens is 2. The minimum atomic E-state index is -0.129. The monoisotopic (exact) mass is 421 g/mol. The molecule has 0 bridgehead atoms. The zero-order valence-electron chi connectivity index (χ0n) is 16.2. The van der Waals surface area contributed by atoms with Gasteiger partial charge in [-0.15, -0.1) is 0 Å². The van der Waals surface area contributed by atoms with Gasteiger partial charge in [-0.25, -0.2) is 9.78 Å². The van der Waals surface area contributed by atoms with E-state index in [1.165, 1.54) is 11.8 Å². The topological polar surface area (TPSA) is 70.5 Å². The molecule has 1 aromatic carbocycles. The molecule has 0 saturated carbocycles. The van der Waals surface area contributed by atoms with Gasteiger partial charge in [0, 0.05) is 62.5 Å². The average molecular weight is 422 g/mol. The molecule has 0 aliphatic carbocycles. The van der Waals surface area contributed by atoms with Gasteiger partial charge in [-0.3, -0.25) is 4.79 Å². The second kappa shape index (κ2) is 8.87. The van der Waals surface area contributed by atoms with Gasteiger partial charge < -0.3 is 19.7 Å². The first-order valence-corrected chi connectivity index (χ1v) is 10.3. The van der Waals surface area contributed by atoms with Crippen molar-refractivity contribution in [1.29, 1.82) is 0 Å². The number of carbonyl (C=O) groups excluding carboxylic acids is 2. The first-order valence-electron chi connectivity index (χ1n) is 9.07. The summed E-state index contributed by atoms with van der Waals surface area (Å²) in [4.78, 5) is 33.4. The predicted molar refractivity (Wildman–Crippen MR) is 111 cm³/mol. The number of piperidine rings is 1. The normalized spacial score (nSPS) is 14.8. The zero-order chi connectivity index (χ0) is 20.3. The fraction of sp³-hybridized carbons (Fsp3) is 0.421. The first kappa shape index (κ1) is 20.5. The van der Waals surface area contributed by atoms with Crippen molar-refractivity contribution in [2.75, 3.05) is 32.5 Å². The summed E-state index contributed by atoms with van der Waals surface area (Å²) in [6, 6.07) is 5.43. The van der Waals surface area contributed by atoms with Gasteiger partial charge in [0.1, 0.15) is 0 Å². The van der Waals surface area contributed by atoms with E-state index < -0.39 is 0 Å². The molecule has 0 radical (unpaired) electrons. The second-order valence-corrected chi connectivity index (χ2v) is 8.44. The molecule has 2 aromatic rings. The number of hydrogen-bond donors (Lipinski definition) is 1. The number of imidazole rings is 1. The maximum Gasteiger partial charge on any atom is 0.319 e. The molecular weight excluding hydrogens is 398 g/mol. The fourth-order valence-electron chi connectivity index (χ4n) is 3.09. The lowest BCUT2D eigenvalue weighted by atomic mass is 9.96.